The first kappa shape index (κ1) is 17.8. The van der Waals surface area contributed by atoms with E-state index in [2.05, 4.69) is 4.74 Å². The number of carbonyl (C=O) groups excluding carboxylic acids is 2. The third kappa shape index (κ3) is 6.53. The highest BCUT2D eigenvalue weighted by Gasteiger charge is 2.47. The van der Waals surface area contributed by atoms with Gasteiger partial charge in [0.15, 0.2) is 6.10 Å². The Morgan fingerprint density at radius 3 is 2.11 bits per heavy atom. The van der Waals surface area contributed by atoms with Gasteiger partial charge in [-0.2, -0.15) is 8.78 Å². The van der Waals surface area contributed by atoms with Crippen molar-refractivity contribution in [1.82, 2.24) is 5.32 Å². The lowest BCUT2D eigenvalue weighted by Gasteiger charge is -2.27. The van der Waals surface area contributed by atoms with E-state index in [-0.39, 0.29) is 0 Å². The molecule has 0 saturated heterocycles. The summed E-state index contributed by atoms with van der Waals surface area (Å²) in [5.74, 6) is -1.36. The van der Waals surface area contributed by atoms with Crippen molar-refractivity contribution in [3.8, 4) is 0 Å². The van der Waals surface area contributed by atoms with Gasteiger partial charge >= 0.3 is 17.4 Å². The zero-order valence-electron chi connectivity index (χ0n) is 10.9. The molecule has 6 nitrogen and oxygen atoms in total. The number of hydrogen-bond donors (Lipinski definition) is 2. The minimum absolute atomic E-state index is 0.891. The number of methoxy groups -OCH3 is 1. The monoisotopic (exact) mass is 303 g/mol. The van der Waals surface area contributed by atoms with Crippen molar-refractivity contribution < 1.29 is 33.0 Å². The zero-order valence-corrected chi connectivity index (χ0v) is 11.6. The Labute approximate surface area is 114 Å². The topological polar surface area (TPSA) is 84.9 Å². The second-order valence-corrected chi connectivity index (χ2v) is 5.14. The SMILES string of the molecule is COC(=O)[C@H](O)[C@@H](NC(=O)OC(C)(C)C)C(F)(F)Cl. The second-order valence-electron chi connectivity index (χ2n) is 4.63. The highest BCUT2D eigenvalue weighted by Crippen LogP contribution is 2.26. The number of ether oxygens (including phenoxy) is 2. The van der Waals surface area contributed by atoms with E-state index in [1.54, 1.807) is 5.32 Å². The number of alkyl carbamates (subject to hydrolysis) is 1. The van der Waals surface area contributed by atoms with E-state index >= 15 is 0 Å². The summed E-state index contributed by atoms with van der Waals surface area (Å²) in [6, 6.07) is -2.38. The fraction of sp³-hybridized carbons (Fsp3) is 0.800. The van der Waals surface area contributed by atoms with E-state index in [1.165, 1.54) is 20.8 Å². The van der Waals surface area contributed by atoms with Crippen molar-refractivity contribution in [2.45, 2.75) is 43.9 Å². The Morgan fingerprint density at radius 1 is 1.32 bits per heavy atom. The van der Waals surface area contributed by atoms with Crippen molar-refractivity contribution in [2.75, 3.05) is 7.11 Å². The van der Waals surface area contributed by atoms with E-state index in [0.717, 1.165) is 7.11 Å². The van der Waals surface area contributed by atoms with Crippen LogP contribution in [0.15, 0.2) is 0 Å². The van der Waals surface area contributed by atoms with Gasteiger partial charge in [-0.15, -0.1) is 0 Å². The van der Waals surface area contributed by atoms with Gasteiger partial charge in [-0.05, 0) is 32.4 Å². The van der Waals surface area contributed by atoms with Gasteiger partial charge in [-0.3, -0.25) is 0 Å². The molecule has 2 atom stereocenters. The number of amides is 1. The Morgan fingerprint density at radius 2 is 1.79 bits per heavy atom. The fourth-order valence-electron chi connectivity index (χ4n) is 1.03. The quantitative estimate of drug-likeness (QED) is 0.603. The lowest BCUT2D eigenvalue weighted by Crippen LogP contribution is -2.56. The van der Waals surface area contributed by atoms with Crippen LogP contribution in [0.25, 0.3) is 0 Å². The van der Waals surface area contributed by atoms with Crippen molar-refractivity contribution in [3.63, 3.8) is 0 Å². The van der Waals surface area contributed by atoms with Crippen LogP contribution in [0.2, 0.25) is 0 Å². The predicted molar refractivity (Wildman–Crippen MR) is 62.0 cm³/mol. The summed E-state index contributed by atoms with van der Waals surface area (Å²) in [7, 11) is 0.891. The molecule has 2 N–H and O–H groups in total. The van der Waals surface area contributed by atoms with Crippen LogP contribution in [-0.4, -0.2) is 47.4 Å². The third-order valence-corrected chi connectivity index (χ3v) is 2.02. The van der Waals surface area contributed by atoms with E-state index in [1.807, 2.05) is 0 Å². The van der Waals surface area contributed by atoms with Crippen molar-refractivity contribution in [2.24, 2.45) is 0 Å². The summed E-state index contributed by atoms with van der Waals surface area (Å²) in [6.07, 6.45) is -3.58. The lowest BCUT2D eigenvalue weighted by molar-refractivity contribution is -0.155. The summed E-state index contributed by atoms with van der Waals surface area (Å²) < 4.78 is 34.9. The standard InChI is InChI=1S/C10H16ClF2NO5/c1-9(2,3)19-8(17)14-6(10(11,12)13)5(15)7(16)18-4/h5-6,15H,1-4H3,(H,14,17)/t5-,6-/m1/s1. The highest BCUT2D eigenvalue weighted by molar-refractivity contribution is 6.22. The van der Waals surface area contributed by atoms with Gasteiger partial charge in [0.05, 0.1) is 7.11 Å². The largest absolute Gasteiger partial charge is 0.467 e. The molecule has 9 heteroatoms. The summed E-state index contributed by atoms with van der Waals surface area (Å²) in [5.41, 5.74) is -0.938. The molecule has 0 aliphatic heterocycles. The van der Waals surface area contributed by atoms with Gasteiger partial charge in [0, 0.05) is 0 Å². The number of aliphatic hydroxyl groups excluding tert-OH is 1. The van der Waals surface area contributed by atoms with Crippen LogP contribution in [0, 0.1) is 0 Å². The van der Waals surface area contributed by atoms with Gasteiger partial charge < -0.3 is 19.9 Å². The van der Waals surface area contributed by atoms with E-state index in [4.69, 9.17) is 16.3 Å². The van der Waals surface area contributed by atoms with Crippen molar-refractivity contribution in [3.05, 3.63) is 0 Å². The van der Waals surface area contributed by atoms with Crippen LogP contribution in [0.4, 0.5) is 13.6 Å². The van der Waals surface area contributed by atoms with Crippen LogP contribution < -0.4 is 5.32 Å². The Balaban J connectivity index is 4.90. The Bertz CT molecular complexity index is 340. The number of rotatable bonds is 4. The summed E-state index contributed by atoms with van der Waals surface area (Å²) in [5, 5.41) is 6.92. The number of nitrogens with one attached hydrogen (secondary N) is 1. The average molecular weight is 304 g/mol. The van der Waals surface area contributed by atoms with Gasteiger partial charge in [0.2, 0.25) is 0 Å². The molecule has 19 heavy (non-hydrogen) atoms. The fourth-order valence-corrected chi connectivity index (χ4v) is 1.21. The van der Waals surface area contributed by atoms with E-state index < -0.39 is 35.2 Å². The number of esters is 1. The minimum atomic E-state index is -4.06. The molecule has 0 aromatic carbocycles. The van der Waals surface area contributed by atoms with E-state index in [9.17, 15) is 23.5 Å². The van der Waals surface area contributed by atoms with Gasteiger partial charge in [0.25, 0.3) is 0 Å². The molecule has 112 valence electrons. The first-order valence-corrected chi connectivity index (χ1v) is 5.58. The molecule has 0 aromatic rings. The maximum Gasteiger partial charge on any atom is 0.408 e. The first-order valence-electron chi connectivity index (χ1n) is 5.20. The van der Waals surface area contributed by atoms with Crippen molar-refractivity contribution in [1.29, 1.82) is 0 Å². The predicted octanol–water partition coefficient (Wildman–Crippen LogP) is 1.25. The molecule has 0 unspecified atom stereocenters. The highest BCUT2D eigenvalue weighted by atomic mass is 35.5. The maximum atomic E-state index is 13.1. The molecule has 0 bridgehead atoms. The summed E-state index contributed by atoms with van der Waals surface area (Å²) >= 11 is 4.74. The van der Waals surface area contributed by atoms with Crippen LogP contribution in [-0.2, 0) is 14.3 Å². The normalized spacial score (nSPS) is 15.4. The molecule has 0 radical (unpaired) electrons. The van der Waals surface area contributed by atoms with Crippen molar-refractivity contribution >= 4 is 23.7 Å². The van der Waals surface area contributed by atoms with Crippen LogP contribution >= 0.6 is 11.6 Å². The third-order valence-electron chi connectivity index (χ3n) is 1.78. The lowest BCUT2D eigenvalue weighted by atomic mass is 10.1. The molecule has 1 amide bonds. The second kappa shape index (κ2) is 6.33. The molecular weight excluding hydrogens is 288 g/mol. The average Bonchev–Trinajstić information content (AvgIpc) is 2.19. The summed E-state index contributed by atoms with van der Waals surface area (Å²) in [6.45, 7) is 4.53. The van der Waals surface area contributed by atoms with E-state index in [0.29, 0.717) is 0 Å². The molecule has 0 spiro atoms. The van der Waals surface area contributed by atoms with Crippen LogP contribution in [0.3, 0.4) is 0 Å². The zero-order chi connectivity index (χ0) is 15.4. The molecule has 0 fully saturated rings. The molecule has 0 aliphatic rings. The van der Waals surface area contributed by atoms with Gasteiger partial charge in [-0.25, -0.2) is 9.59 Å². The smallest absolute Gasteiger partial charge is 0.408 e. The first-order chi connectivity index (χ1) is 8.38. The molecule has 0 aliphatic carbocycles. The number of hydrogen-bond acceptors (Lipinski definition) is 5. The van der Waals surface area contributed by atoms with Gasteiger partial charge in [0.1, 0.15) is 11.6 Å². The number of halogens is 3. The molecule has 0 saturated carbocycles. The molecule has 0 rings (SSSR count). The van der Waals surface area contributed by atoms with Crippen LogP contribution in [0.1, 0.15) is 20.8 Å². The van der Waals surface area contributed by atoms with Crippen LogP contribution in [0.5, 0.6) is 0 Å². The maximum absolute atomic E-state index is 13.1. The number of carbonyl (C=O) groups is 2. The molecule has 0 aromatic heterocycles. The summed E-state index contributed by atoms with van der Waals surface area (Å²) in [4.78, 5) is 22.4. The Kier molecular flexibility index (Phi) is 5.95. The van der Waals surface area contributed by atoms with Gasteiger partial charge in [-0.1, -0.05) is 0 Å². The Hall–Kier alpha value is -1.15. The number of aliphatic hydroxyl groups is 1. The number of alkyl halides is 3. The minimum Gasteiger partial charge on any atom is -0.467 e. The molecular formula is C10H16ClF2NO5. The molecule has 0 heterocycles.